The smallest absolute Gasteiger partial charge is 0.124 e. The molecule has 0 heterocycles. The van der Waals surface area contributed by atoms with Crippen LogP contribution in [0.3, 0.4) is 0 Å². The minimum absolute atomic E-state index is 0.0872. The van der Waals surface area contributed by atoms with Gasteiger partial charge in [0.1, 0.15) is 13.5 Å². The lowest BCUT2D eigenvalue weighted by molar-refractivity contribution is -0.120. The van der Waals surface area contributed by atoms with E-state index in [1.54, 1.807) is 0 Å². The van der Waals surface area contributed by atoms with Crippen LogP contribution in [-0.4, -0.2) is 31.9 Å². The molecule has 1 saturated carbocycles. The van der Waals surface area contributed by atoms with Gasteiger partial charge in [0.25, 0.3) is 0 Å². The zero-order valence-corrected chi connectivity index (χ0v) is 14.4. The lowest BCUT2D eigenvalue weighted by Crippen LogP contribution is -2.62. The molecular formula is C13H28O2Si2. The summed E-state index contributed by atoms with van der Waals surface area (Å²) in [6.07, 6.45) is 1.90. The van der Waals surface area contributed by atoms with E-state index in [0.29, 0.717) is 5.41 Å². The molecule has 0 aromatic rings. The van der Waals surface area contributed by atoms with Gasteiger partial charge in [0.05, 0.1) is 13.3 Å². The van der Waals surface area contributed by atoms with Crippen LogP contribution in [0.25, 0.3) is 0 Å². The number of hydrogen-bond acceptors (Lipinski definition) is 2. The molecule has 1 N–H and O–H groups in total. The maximum Gasteiger partial charge on any atom is 0.124 e. The Balaban J connectivity index is 3.14. The first-order valence-electron chi connectivity index (χ1n) is 6.69. The molecule has 0 bridgehead atoms. The third-order valence-corrected chi connectivity index (χ3v) is 9.50. The zero-order valence-electron chi connectivity index (χ0n) is 12.4. The lowest BCUT2D eigenvalue weighted by atomic mass is 10.0. The molecule has 1 aliphatic rings. The summed E-state index contributed by atoms with van der Waals surface area (Å²) in [7, 11) is -3.56. The van der Waals surface area contributed by atoms with Crippen molar-refractivity contribution in [3.63, 3.8) is 0 Å². The Labute approximate surface area is 108 Å². The molecule has 4 heteroatoms. The number of rotatable bonds is 3. The highest BCUT2D eigenvalue weighted by molar-refractivity contribution is 7.04. The second-order valence-corrected chi connectivity index (χ2v) is 18.0. The minimum Gasteiger partial charge on any atom is -0.392 e. The van der Waals surface area contributed by atoms with Gasteiger partial charge in [0.2, 0.25) is 0 Å². The summed E-state index contributed by atoms with van der Waals surface area (Å²) in [6.45, 7) is 15.0. The van der Waals surface area contributed by atoms with E-state index in [9.17, 15) is 9.90 Å². The Morgan fingerprint density at radius 2 is 1.59 bits per heavy atom. The van der Waals surface area contributed by atoms with E-state index in [-0.39, 0.29) is 11.8 Å². The lowest BCUT2D eigenvalue weighted by Gasteiger charge is -2.44. The van der Waals surface area contributed by atoms with E-state index in [1.807, 2.05) is 0 Å². The van der Waals surface area contributed by atoms with E-state index in [0.717, 1.165) is 12.8 Å². The van der Waals surface area contributed by atoms with Crippen LogP contribution < -0.4 is 0 Å². The molecule has 1 rings (SSSR count). The van der Waals surface area contributed by atoms with Gasteiger partial charge >= 0.3 is 0 Å². The highest BCUT2D eigenvalue weighted by Gasteiger charge is 2.58. The third-order valence-electron chi connectivity index (χ3n) is 4.43. The van der Waals surface area contributed by atoms with Crippen molar-refractivity contribution in [1.29, 1.82) is 0 Å². The average Bonchev–Trinajstić information content (AvgIpc) is 2.41. The standard InChI is InChI=1S/C13H28O2Si2/c1-10-8-9-11(12(14)16(2,3)4)13(10,15)17(5,6)7/h10-11,15H,8-9H2,1-7H3/t10?,11-,13+/m0/s1. The Kier molecular flexibility index (Phi) is 3.84. The molecule has 0 saturated heterocycles. The molecule has 1 aliphatic carbocycles. The quantitative estimate of drug-likeness (QED) is 0.802. The maximum absolute atomic E-state index is 12.6. The Bertz CT molecular complexity index is 314. The van der Waals surface area contributed by atoms with Crippen molar-refractivity contribution < 1.29 is 9.90 Å². The normalized spacial score (nSPS) is 35.1. The summed E-state index contributed by atoms with van der Waals surface area (Å²) >= 11 is 0. The fourth-order valence-corrected chi connectivity index (χ4v) is 7.81. The van der Waals surface area contributed by atoms with E-state index in [2.05, 4.69) is 46.2 Å². The van der Waals surface area contributed by atoms with E-state index in [4.69, 9.17) is 0 Å². The Morgan fingerprint density at radius 1 is 1.12 bits per heavy atom. The van der Waals surface area contributed by atoms with Crippen molar-refractivity contribution in [1.82, 2.24) is 0 Å². The van der Waals surface area contributed by atoms with Gasteiger partial charge in [-0.05, 0) is 18.8 Å². The molecule has 0 amide bonds. The monoisotopic (exact) mass is 272 g/mol. The highest BCUT2D eigenvalue weighted by atomic mass is 28.3. The topological polar surface area (TPSA) is 37.3 Å². The van der Waals surface area contributed by atoms with Gasteiger partial charge < -0.3 is 9.90 Å². The predicted molar refractivity (Wildman–Crippen MR) is 78.5 cm³/mol. The van der Waals surface area contributed by atoms with Gasteiger partial charge in [0, 0.05) is 5.92 Å². The van der Waals surface area contributed by atoms with Gasteiger partial charge in [-0.25, -0.2) is 0 Å². The first-order chi connectivity index (χ1) is 7.42. The van der Waals surface area contributed by atoms with Gasteiger partial charge in [-0.15, -0.1) is 0 Å². The van der Waals surface area contributed by atoms with Crippen molar-refractivity contribution in [3.8, 4) is 0 Å². The molecule has 3 atom stereocenters. The number of aliphatic hydroxyl groups is 1. The third kappa shape index (κ3) is 2.44. The second-order valence-electron chi connectivity index (χ2n) is 7.72. The summed E-state index contributed by atoms with van der Waals surface area (Å²) in [5.41, 5.74) is 0. The SMILES string of the molecule is CC1CC[C@@H](C(=O)[Si](C)(C)C)[C@]1(O)[Si](C)(C)C. The summed E-state index contributed by atoms with van der Waals surface area (Å²) in [5, 5.41) is 10.8. The number of carbonyl (C=O) groups is 1. The molecule has 0 radical (unpaired) electrons. The molecule has 17 heavy (non-hydrogen) atoms. The maximum atomic E-state index is 12.6. The number of hydrogen-bond donors (Lipinski definition) is 1. The van der Waals surface area contributed by atoms with Crippen LogP contribution in [-0.2, 0) is 4.79 Å². The highest BCUT2D eigenvalue weighted by Crippen LogP contribution is 2.47. The summed E-state index contributed by atoms with van der Waals surface area (Å²) in [6, 6.07) is 0. The van der Waals surface area contributed by atoms with Crippen molar-refractivity contribution in [2.24, 2.45) is 11.8 Å². The molecule has 0 aromatic heterocycles. The van der Waals surface area contributed by atoms with Crippen molar-refractivity contribution in [2.75, 3.05) is 0 Å². The van der Waals surface area contributed by atoms with Gasteiger partial charge in [0.15, 0.2) is 0 Å². The van der Waals surface area contributed by atoms with Crippen molar-refractivity contribution >= 4 is 21.6 Å². The molecular weight excluding hydrogens is 244 g/mol. The first-order valence-corrected chi connectivity index (χ1v) is 13.7. The first kappa shape index (κ1) is 15.1. The fraction of sp³-hybridized carbons (Fsp3) is 0.923. The van der Waals surface area contributed by atoms with Crippen LogP contribution in [0, 0.1) is 11.8 Å². The molecule has 1 unspecified atom stereocenters. The molecule has 0 aromatic carbocycles. The predicted octanol–water partition coefficient (Wildman–Crippen LogP) is 3.09. The summed E-state index contributed by atoms with van der Waals surface area (Å²) in [4.78, 5) is 12.6. The minimum atomic E-state index is -1.80. The Hall–Kier alpha value is 0.0638. The Morgan fingerprint density at radius 3 is 1.94 bits per heavy atom. The fourth-order valence-electron chi connectivity index (χ4n) is 3.32. The summed E-state index contributed by atoms with van der Waals surface area (Å²) in [5.74, 6) is 0.190. The van der Waals surface area contributed by atoms with Crippen LogP contribution in [0.4, 0.5) is 0 Å². The molecule has 0 aliphatic heterocycles. The largest absolute Gasteiger partial charge is 0.392 e. The van der Waals surface area contributed by atoms with Gasteiger partial charge in [-0.2, -0.15) is 0 Å². The van der Waals surface area contributed by atoms with E-state index < -0.39 is 21.4 Å². The van der Waals surface area contributed by atoms with Crippen LogP contribution in [0.1, 0.15) is 19.8 Å². The zero-order chi connectivity index (χ0) is 13.6. The van der Waals surface area contributed by atoms with E-state index >= 15 is 0 Å². The molecule has 0 spiro atoms. The van der Waals surface area contributed by atoms with Crippen LogP contribution in [0.2, 0.25) is 39.3 Å². The molecule has 100 valence electrons. The number of carbonyl (C=O) groups excluding carboxylic acids is 1. The average molecular weight is 273 g/mol. The van der Waals surface area contributed by atoms with Crippen LogP contribution in [0.15, 0.2) is 0 Å². The van der Waals surface area contributed by atoms with Crippen LogP contribution >= 0.6 is 0 Å². The van der Waals surface area contributed by atoms with Crippen molar-refractivity contribution in [2.45, 2.75) is 64.3 Å². The van der Waals surface area contributed by atoms with Crippen LogP contribution in [0.5, 0.6) is 0 Å². The summed E-state index contributed by atoms with van der Waals surface area (Å²) < 4.78 is 0. The van der Waals surface area contributed by atoms with Gasteiger partial charge in [-0.1, -0.05) is 46.2 Å². The molecule has 1 fully saturated rings. The van der Waals surface area contributed by atoms with Crippen molar-refractivity contribution in [3.05, 3.63) is 0 Å². The van der Waals surface area contributed by atoms with Gasteiger partial charge in [-0.3, -0.25) is 0 Å². The molecule has 2 nitrogen and oxygen atoms in total. The second kappa shape index (κ2) is 4.32. The van der Waals surface area contributed by atoms with E-state index in [1.165, 1.54) is 0 Å².